The number of nitrogens with zero attached hydrogens (tertiary/aromatic N) is 1. The fourth-order valence-corrected chi connectivity index (χ4v) is 1.37. The first kappa shape index (κ1) is 10.1. The van der Waals surface area contributed by atoms with Crippen LogP contribution in [0, 0.1) is 5.82 Å². The van der Waals surface area contributed by atoms with Crippen LogP contribution in [0.25, 0.3) is 0 Å². The van der Waals surface area contributed by atoms with Crippen molar-refractivity contribution in [2.24, 2.45) is 0 Å². The first-order chi connectivity index (χ1) is 6.15. The highest BCUT2D eigenvalue weighted by atomic mass is 32.1. The summed E-state index contributed by atoms with van der Waals surface area (Å²) in [5.74, 6) is -0.239. The zero-order valence-electron chi connectivity index (χ0n) is 7.62. The van der Waals surface area contributed by atoms with E-state index in [0.29, 0.717) is 0 Å². The maximum absolute atomic E-state index is 12.6. The Morgan fingerprint density at radius 3 is 2.23 bits per heavy atom. The minimum atomic E-state index is -0.239. The summed E-state index contributed by atoms with van der Waals surface area (Å²) in [6.45, 7) is 4.01. The molecule has 0 N–H and O–H groups in total. The molecule has 1 aromatic carbocycles. The summed E-state index contributed by atoms with van der Waals surface area (Å²) in [5, 5.41) is 0. The highest BCUT2D eigenvalue weighted by molar-refractivity contribution is 7.79. The zero-order chi connectivity index (χ0) is 9.84. The van der Waals surface area contributed by atoms with E-state index in [2.05, 4.69) is 5.49 Å². The average Bonchev–Trinajstić information content (AvgIpc) is 2.09. The topological polar surface area (TPSA) is 3.24 Å². The molecular weight excluding hydrogens is 185 g/mol. The smallest absolute Gasteiger partial charge is 0.141 e. The maximum Gasteiger partial charge on any atom is 0.141 e. The van der Waals surface area contributed by atoms with Crippen LogP contribution in [0.1, 0.15) is 13.8 Å². The number of thiocarbonyl (C=S) groups is 1. The van der Waals surface area contributed by atoms with Crippen molar-refractivity contribution in [2.45, 2.75) is 19.9 Å². The Balaban J connectivity index is 2.92. The highest BCUT2D eigenvalue weighted by Crippen LogP contribution is 2.15. The Kier molecular flexibility index (Phi) is 3.37. The molecular formula is C10H11FNS. The molecule has 0 fully saturated rings. The van der Waals surface area contributed by atoms with Crippen molar-refractivity contribution < 1.29 is 4.39 Å². The van der Waals surface area contributed by atoms with Crippen LogP contribution in [-0.2, 0) is 0 Å². The second-order valence-corrected chi connectivity index (χ2v) is 3.21. The van der Waals surface area contributed by atoms with Crippen molar-refractivity contribution in [3.05, 3.63) is 30.1 Å². The molecule has 3 heteroatoms. The normalized spacial score (nSPS) is 10.2. The van der Waals surface area contributed by atoms with Crippen LogP contribution in [0.5, 0.6) is 0 Å². The predicted molar refractivity (Wildman–Crippen MR) is 56.6 cm³/mol. The van der Waals surface area contributed by atoms with Gasteiger partial charge in [-0.2, -0.15) is 0 Å². The summed E-state index contributed by atoms with van der Waals surface area (Å²) in [7, 11) is 0. The molecule has 1 nitrogen and oxygen atoms in total. The van der Waals surface area contributed by atoms with Crippen LogP contribution < -0.4 is 4.90 Å². The van der Waals surface area contributed by atoms with Gasteiger partial charge in [-0.05, 0) is 38.1 Å². The maximum atomic E-state index is 12.6. The standard InChI is InChI=1S/C10H11FNS/c1-8(2)12(7-13)10-5-3-9(11)4-6-10/h3-6,8H,1-2H3. The molecule has 0 amide bonds. The molecule has 0 aliphatic carbocycles. The molecule has 1 rings (SSSR count). The van der Waals surface area contributed by atoms with Crippen molar-refractivity contribution in [3.63, 3.8) is 0 Å². The van der Waals surface area contributed by atoms with Crippen molar-refractivity contribution in [1.82, 2.24) is 0 Å². The van der Waals surface area contributed by atoms with Gasteiger partial charge in [-0.25, -0.2) is 4.39 Å². The fraction of sp³-hybridized carbons (Fsp3) is 0.300. The summed E-state index contributed by atoms with van der Waals surface area (Å²) in [6, 6.07) is 6.45. The van der Waals surface area contributed by atoms with Crippen LogP contribution in [-0.4, -0.2) is 11.5 Å². The fourth-order valence-electron chi connectivity index (χ4n) is 1.06. The summed E-state index contributed by atoms with van der Waals surface area (Å²) < 4.78 is 12.6. The third-order valence-electron chi connectivity index (χ3n) is 1.72. The Bertz CT molecular complexity index is 281. The van der Waals surface area contributed by atoms with Gasteiger partial charge in [0, 0.05) is 11.7 Å². The van der Waals surface area contributed by atoms with Crippen LogP contribution >= 0.6 is 12.2 Å². The molecule has 0 aliphatic heterocycles. The summed E-state index contributed by atoms with van der Waals surface area (Å²) in [5.41, 5.74) is 3.50. The third-order valence-corrected chi connectivity index (χ3v) is 1.92. The molecule has 0 heterocycles. The van der Waals surface area contributed by atoms with Gasteiger partial charge in [-0.3, -0.25) is 0 Å². The van der Waals surface area contributed by atoms with E-state index in [1.165, 1.54) is 12.1 Å². The molecule has 0 aromatic heterocycles. The van der Waals surface area contributed by atoms with Gasteiger partial charge in [-0.15, -0.1) is 0 Å². The first-order valence-electron chi connectivity index (χ1n) is 4.07. The van der Waals surface area contributed by atoms with Gasteiger partial charge in [0.25, 0.3) is 0 Å². The minimum absolute atomic E-state index is 0.239. The predicted octanol–water partition coefficient (Wildman–Crippen LogP) is 2.87. The largest absolute Gasteiger partial charge is 0.328 e. The van der Waals surface area contributed by atoms with Crippen LogP contribution in [0.3, 0.4) is 0 Å². The Morgan fingerprint density at radius 2 is 1.85 bits per heavy atom. The summed E-state index contributed by atoms with van der Waals surface area (Å²) in [6.07, 6.45) is 0. The SMILES string of the molecule is CC(C)N([C]=S)c1ccc(F)cc1. The van der Waals surface area contributed by atoms with E-state index in [1.807, 2.05) is 13.8 Å². The number of hydrogen-bond donors (Lipinski definition) is 0. The van der Waals surface area contributed by atoms with Gasteiger partial charge in [0.1, 0.15) is 11.3 Å². The number of halogens is 1. The van der Waals surface area contributed by atoms with Crippen LogP contribution in [0.15, 0.2) is 24.3 Å². The van der Waals surface area contributed by atoms with Crippen molar-refractivity contribution in [2.75, 3.05) is 4.90 Å². The Labute approximate surface area is 83.2 Å². The molecule has 0 saturated heterocycles. The lowest BCUT2D eigenvalue weighted by Gasteiger charge is -2.22. The molecule has 0 spiro atoms. The number of rotatable bonds is 3. The van der Waals surface area contributed by atoms with Gasteiger partial charge in [-0.1, -0.05) is 12.2 Å². The van der Waals surface area contributed by atoms with E-state index in [1.54, 1.807) is 17.0 Å². The molecule has 1 radical (unpaired) electrons. The van der Waals surface area contributed by atoms with E-state index in [0.717, 1.165) is 5.69 Å². The Hall–Kier alpha value is -0.960. The molecule has 1 aromatic rings. The van der Waals surface area contributed by atoms with Crippen molar-refractivity contribution in [3.8, 4) is 0 Å². The second kappa shape index (κ2) is 4.33. The average molecular weight is 196 g/mol. The van der Waals surface area contributed by atoms with Gasteiger partial charge in [0.15, 0.2) is 0 Å². The number of hydrogen-bond acceptors (Lipinski definition) is 1. The van der Waals surface area contributed by atoms with E-state index < -0.39 is 0 Å². The molecule has 0 atom stereocenters. The molecule has 69 valence electrons. The van der Waals surface area contributed by atoms with Gasteiger partial charge in [0.05, 0.1) is 0 Å². The van der Waals surface area contributed by atoms with Crippen LogP contribution in [0.4, 0.5) is 10.1 Å². The quantitative estimate of drug-likeness (QED) is 0.540. The molecule has 0 bridgehead atoms. The molecule has 13 heavy (non-hydrogen) atoms. The highest BCUT2D eigenvalue weighted by Gasteiger charge is 2.07. The van der Waals surface area contributed by atoms with Gasteiger partial charge >= 0.3 is 0 Å². The van der Waals surface area contributed by atoms with Gasteiger partial charge in [0.2, 0.25) is 0 Å². The van der Waals surface area contributed by atoms with E-state index in [9.17, 15) is 4.39 Å². The first-order valence-corrected chi connectivity index (χ1v) is 4.48. The number of benzene rings is 1. The second-order valence-electron chi connectivity index (χ2n) is 3.03. The summed E-state index contributed by atoms with van der Waals surface area (Å²) in [4.78, 5) is 1.79. The van der Waals surface area contributed by atoms with E-state index >= 15 is 0 Å². The zero-order valence-corrected chi connectivity index (χ0v) is 8.44. The molecule has 0 aliphatic rings. The molecule has 0 unspecified atom stereocenters. The molecule has 0 saturated carbocycles. The van der Waals surface area contributed by atoms with E-state index in [4.69, 9.17) is 12.2 Å². The monoisotopic (exact) mass is 196 g/mol. The number of anilines is 1. The lowest BCUT2D eigenvalue weighted by Crippen LogP contribution is -2.27. The third kappa shape index (κ3) is 2.49. The van der Waals surface area contributed by atoms with Crippen molar-refractivity contribution >= 4 is 23.4 Å². The minimum Gasteiger partial charge on any atom is -0.328 e. The van der Waals surface area contributed by atoms with Crippen molar-refractivity contribution in [1.29, 1.82) is 0 Å². The summed E-state index contributed by atoms with van der Waals surface area (Å²) >= 11 is 4.75. The van der Waals surface area contributed by atoms with E-state index in [-0.39, 0.29) is 11.9 Å². The lowest BCUT2D eigenvalue weighted by molar-refractivity contribution is 0.627. The van der Waals surface area contributed by atoms with Crippen LogP contribution in [0.2, 0.25) is 0 Å². The van der Waals surface area contributed by atoms with Gasteiger partial charge < -0.3 is 4.90 Å². The Morgan fingerprint density at radius 1 is 1.31 bits per heavy atom. The lowest BCUT2D eigenvalue weighted by atomic mass is 10.2.